The molecule has 0 aromatic heterocycles. The van der Waals surface area contributed by atoms with Crippen LogP contribution in [-0.4, -0.2) is 55.9 Å². The van der Waals surface area contributed by atoms with Crippen LogP contribution in [0.4, 0.5) is 0 Å². The van der Waals surface area contributed by atoms with Gasteiger partial charge in [0.05, 0.1) is 26.8 Å². The third-order valence-corrected chi connectivity index (χ3v) is 3.27. The minimum atomic E-state index is -0.273. The van der Waals surface area contributed by atoms with Gasteiger partial charge in [0.2, 0.25) is 5.91 Å². The Bertz CT molecular complexity index is 633. The lowest BCUT2D eigenvalue weighted by Crippen LogP contribution is -2.48. The minimum Gasteiger partial charge on any atom is -0.493 e. The van der Waals surface area contributed by atoms with E-state index in [-0.39, 0.29) is 55.2 Å². The van der Waals surface area contributed by atoms with Crippen LogP contribution in [0.25, 0.3) is 0 Å². The predicted octanol–water partition coefficient (Wildman–Crippen LogP) is 1.65. The van der Waals surface area contributed by atoms with Gasteiger partial charge in [-0.2, -0.15) is 0 Å². The monoisotopic (exact) mass is 508 g/mol. The van der Waals surface area contributed by atoms with E-state index in [1.807, 2.05) is 39.8 Å². The van der Waals surface area contributed by atoms with Crippen LogP contribution in [0.15, 0.2) is 23.2 Å². The highest BCUT2D eigenvalue weighted by molar-refractivity contribution is 14.0. The lowest BCUT2D eigenvalue weighted by Gasteiger charge is -2.21. The summed E-state index contributed by atoms with van der Waals surface area (Å²) in [4.78, 5) is 16.4. The Hall–Kier alpha value is -1.75. The second-order valence-corrected chi connectivity index (χ2v) is 6.90. The van der Waals surface area contributed by atoms with E-state index in [1.165, 1.54) is 0 Å². The summed E-state index contributed by atoms with van der Waals surface area (Å²) in [5.41, 5.74) is 0.657. The van der Waals surface area contributed by atoms with Crippen molar-refractivity contribution in [1.29, 1.82) is 0 Å². The molecule has 0 aliphatic rings. The molecule has 1 rings (SSSR count). The van der Waals surface area contributed by atoms with Crippen LogP contribution >= 0.6 is 24.0 Å². The minimum absolute atomic E-state index is 0. The highest BCUT2D eigenvalue weighted by Gasteiger charge is 2.13. The topological polar surface area (TPSA) is 104 Å². The molecular formula is C19H33IN4O4. The Morgan fingerprint density at radius 1 is 1.21 bits per heavy atom. The molecule has 0 bridgehead atoms. The maximum absolute atomic E-state index is 11.9. The highest BCUT2D eigenvalue weighted by Crippen LogP contribution is 2.28. The molecule has 9 heteroatoms. The van der Waals surface area contributed by atoms with Gasteiger partial charge < -0.3 is 30.5 Å². The number of amides is 1. The number of carbonyl (C=O) groups excluding carboxylic acids is 1. The van der Waals surface area contributed by atoms with Crippen molar-refractivity contribution >= 4 is 35.8 Å². The first-order valence-corrected chi connectivity index (χ1v) is 9.02. The molecule has 1 aromatic rings. The molecule has 28 heavy (non-hydrogen) atoms. The van der Waals surface area contributed by atoms with Crippen molar-refractivity contribution < 1.29 is 19.4 Å². The Morgan fingerprint density at radius 2 is 1.93 bits per heavy atom. The average molecular weight is 508 g/mol. The van der Waals surface area contributed by atoms with Crippen LogP contribution < -0.4 is 25.4 Å². The third-order valence-electron chi connectivity index (χ3n) is 3.27. The molecular weight excluding hydrogens is 475 g/mol. The van der Waals surface area contributed by atoms with Crippen molar-refractivity contribution in [2.24, 2.45) is 4.99 Å². The molecule has 0 fully saturated rings. The van der Waals surface area contributed by atoms with Crippen LogP contribution in [0, 0.1) is 0 Å². The first-order chi connectivity index (χ1) is 12.8. The van der Waals surface area contributed by atoms with Crippen molar-refractivity contribution in [2.45, 2.75) is 39.8 Å². The summed E-state index contributed by atoms with van der Waals surface area (Å²) in [5.74, 6) is 1.61. The second kappa shape index (κ2) is 13.4. The largest absolute Gasteiger partial charge is 0.493 e. The third kappa shape index (κ3) is 10.5. The van der Waals surface area contributed by atoms with Gasteiger partial charge in [-0.3, -0.25) is 4.79 Å². The number of halogens is 1. The van der Waals surface area contributed by atoms with Gasteiger partial charge in [0.1, 0.15) is 6.61 Å². The quantitative estimate of drug-likeness (QED) is 0.230. The fourth-order valence-electron chi connectivity index (χ4n) is 2.22. The number of aliphatic hydroxyl groups excluding tert-OH is 1. The number of methoxy groups -OCH3 is 1. The molecule has 0 heterocycles. The van der Waals surface area contributed by atoms with Gasteiger partial charge in [-0.15, -0.1) is 24.0 Å². The highest BCUT2D eigenvalue weighted by atomic mass is 127. The summed E-state index contributed by atoms with van der Waals surface area (Å²) in [6.45, 7) is 9.15. The van der Waals surface area contributed by atoms with Gasteiger partial charge >= 0.3 is 0 Å². The number of hydrogen-bond donors (Lipinski definition) is 4. The van der Waals surface area contributed by atoms with Gasteiger partial charge in [0, 0.05) is 12.1 Å². The summed E-state index contributed by atoms with van der Waals surface area (Å²) >= 11 is 0. The molecule has 0 atom stereocenters. The number of aliphatic imine (C=N–C) groups is 1. The van der Waals surface area contributed by atoms with E-state index < -0.39 is 0 Å². The summed E-state index contributed by atoms with van der Waals surface area (Å²) in [6.07, 6.45) is 0. The Kier molecular flexibility index (Phi) is 12.6. The molecule has 1 aromatic carbocycles. The molecule has 4 N–H and O–H groups in total. The zero-order chi connectivity index (χ0) is 20.3. The second-order valence-electron chi connectivity index (χ2n) is 6.90. The maximum atomic E-state index is 11.9. The van der Waals surface area contributed by atoms with E-state index in [1.54, 1.807) is 13.2 Å². The Labute approximate surface area is 184 Å². The molecule has 0 radical (unpaired) electrons. The number of ether oxygens (including phenoxy) is 2. The molecule has 160 valence electrons. The van der Waals surface area contributed by atoms with Crippen molar-refractivity contribution in [1.82, 2.24) is 16.0 Å². The predicted molar refractivity (Wildman–Crippen MR) is 122 cm³/mol. The van der Waals surface area contributed by atoms with Crippen LogP contribution in [-0.2, 0) is 11.3 Å². The molecule has 0 aliphatic carbocycles. The van der Waals surface area contributed by atoms with Crippen molar-refractivity contribution in [2.75, 3.05) is 33.4 Å². The summed E-state index contributed by atoms with van der Waals surface area (Å²) in [7, 11) is 1.56. The number of rotatable bonds is 9. The molecule has 0 saturated carbocycles. The summed E-state index contributed by atoms with van der Waals surface area (Å²) in [6, 6.07) is 5.51. The SMILES string of the molecule is CCNC(=NCc1ccc(OCCO)c(OC)c1)NCC(=O)NC(C)(C)C.I. The van der Waals surface area contributed by atoms with E-state index in [2.05, 4.69) is 20.9 Å². The summed E-state index contributed by atoms with van der Waals surface area (Å²) in [5, 5.41) is 17.9. The standard InChI is InChI=1S/C19H32N4O4.HI/c1-6-20-18(22-13-17(25)23-19(2,3)4)21-12-14-7-8-15(27-10-9-24)16(11-14)26-5;/h7-8,11,24H,6,9-10,12-13H2,1-5H3,(H,23,25)(H2,20,21,22);1H. The summed E-state index contributed by atoms with van der Waals surface area (Å²) < 4.78 is 10.7. The van der Waals surface area contributed by atoms with Crippen LogP contribution in [0.5, 0.6) is 11.5 Å². The number of nitrogens with zero attached hydrogens (tertiary/aromatic N) is 1. The van der Waals surface area contributed by atoms with Crippen molar-refractivity contribution in [3.63, 3.8) is 0 Å². The van der Waals surface area contributed by atoms with Crippen LogP contribution in [0.3, 0.4) is 0 Å². The molecule has 8 nitrogen and oxygen atoms in total. The molecule has 0 saturated heterocycles. The first-order valence-electron chi connectivity index (χ1n) is 9.02. The van der Waals surface area contributed by atoms with Crippen LogP contribution in [0.1, 0.15) is 33.3 Å². The zero-order valence-electron chi connectivity index (χ0n) is 17.3. The number of carbonyl (C=O) groups is 1. The number of aliphatic hydroxyl groups is 1. The van der Waals surface area contributed by atoms with Crippen molar-refractivity contribution in [3.05, 3.63) is 23.8 Å². The fraction of sp³-hybridized carbons (Fsp3) is 0.579. The van der Waals surface area contributed by atoms with Crippen molar-refractivity contribution in [3.8, 4) is 11.5 Å². The lowest BCUT2D eigenvalue weighted by molar-refractivity contribution is -0.121. The number of benzene rings is 1. The number of hydrogen-bond acceptors (Lipinski definition) is 5. The normalized spacial score (nSPS) is 11.3. The van der Waals surface area contributed by atoms with Gasteiger partial charge in [0.25, 0.3) is 0 Å². The van der Waals surface area contributed by atoms with E-state index >= 15 is 0 Å². The fourth-order valence-corrected chi connectivity index (χ4v) is 2.22. The molecule has 0 unspecified atom stereocenters. The molecule has 0 aliphatic heterocycles. The van der Waals surface area contributed by atoms with Crippen LogP contribution in [0.2, 0.25) is 0 Å². The van der Waals surface area contributed by atoms with Gasteiger partial charge in [-0.05, 0) is 45.4 Å². The van der Waals surface area contributed by atoms with E-state index in [0.717, 1.165) is 5.56 Å². The maximum Gasteiger partial charge on any atom is 0.239 e. The van der Waals surface area contributed by atoms with E-state index in [4.69, 9.17) is 14.6 Å². The Morgan fingerprint density at radius 3 is 2.50 bits per heavy atom. The zero-order valence-corrected chi connectivity index (χ0v) is 19.6. The smallest absolute Gasteiger partial charge is 0.239 e. The van der Waals surface area contributed by atoms with Gasteiger partial charge in [0.15, 0.2) is 17.5 Å². The number of nitrogens with one attached hydrogen (secondary N) is 3. The molecule has 1 amide bonds. The number of guanidine groups is 1. The van der Waals surface area contributed by atoms with Gasteiger partial charge in [-0.25, -0.2) is 4.99 Å². The first kappa shape index (κ1) is 26.2. The van der Waals surface area contributed by atoms with E-state index in [9.17, 15) is 4.79 Å². The Balaban J connectivity index is 0.00000729. The molecule has 0 spiro atoms. The van der Waals surface area contributed by atoms with Gasteiger partial charge in [-0.1, -0.05) is 6.07 Å². The average Bonchev–Trinajstić information content (AvgIpc) is 2.61. The van der Waals surface area contributed by atoms with E-state index in [0.29, 0.717) is 30.5 Å². The lowest BCUT2D eigenvalue weighted by atomic mass is 10.1.